The summed E-state index contributed by atoms with van der Waals surface area (Å²) in [4.78, 5) is 29.1. The van der Waals surface area contributed by atoms with Crippen molar-refractivity contribution in [3.8, 4) is 11.3 Å². The molecule has 2 amide bonds. The highest BCUT2D eigenvalue weighted by molar-refractivity contribution is 7.89. The molecule has 1 fully saturated rings. The molecule has 1 aliphatic heterocycles. The van der Waals surface area contributed by atoms with Crippen molar-refractivity contribution < 1.29 is 18.0 Å². The Balaban J connectivity index is 1.47. The summed E-state index contributed by atoms with van der Waals surface area (Å²) in [7, 11) is -3.75. The maximum Gasteiger partial charge on any atom is 0.240 e. The number of amides is 2. The molecular formula is C20H17N3O4S2. The zero-order chi connectivity index (χ0) is 20.4. The van der Waals surface area contributed by atoms with Crippen LogP contribution >= 0.6 is 11.3 Å². The molecule has 0 aliphatic carbocycles. The first-order chi connectivity index (χ1) is 13.9. The van der Waals surface area contributed by atoms with E-state index >= 15 is 0 Å². The molecule has 9 heteroatoms. The molecule has 1 aliphatic rings. The third kappa shape index (κ3) is 4.12. The fourth-order valence-corrected chi connectivity index (χ4v) is 4.72. The summed E-state index contributed by atoms with van der Waals surface area (Å²) >= 11 is 1.57. The van der Waals surface area contributed by atoms with Crippen LogP contribution in [0.1, 0.15) is 18.4 Å². The van der Waals surface area contributed by atoms with Crippen LogP contribution in [-0.4, -0.2) is 25.2 Å². The normalized spacial score (nSPS) is 14.6. The number of anilines is 1. The van der Waals surface area contributed by atoms with E-state index in [0.29, 0.717) is 5.69 Å². The zero-order valence-electron chi connectivity index (χ0n) is 15.2. The number of carbonyl (C=O) groups is 2. The first kappa shape index (κ1) is 19.4. The van der Waals surface area contributed by atoms with Gasteiger partial charge in [0, 0.05) is 36.5 Å². The fourth-order valence-electron chi connectivity index (χ4n) is 3.05. The van der Waals surface area contributed by atoms with Gasteiger partial charge in [0.15, 0.2) is 0 Å². The first-order valence-electron chi connectivity index (χ1n) is 8.87. The lowest BCUT2D eigenvalue weighted by Gasteiger charge is -2.14. The number of rotatable bonds is 6. The summed E-state index contributed by atoms with van der Waals surface area (Å²) < 4.78 is 27.8. The minimum Gasteiger partial charge on any atom is -0.274 e. The average Bonchev–Trinajstić information content (AvgIpc) is 3.37. The summed E-state index contributed by atoms with van der Waals surface area (Å²) in [6.07, 6.45) is 2.01. The lowest BCUT2D eigenvalue weighted by Crippen LogP contribution is -2.28. The molecule has 3 heterocycles. The van der Waals surface area contributed by atoms with E-state index in [-0.39, 0.29) is 36.1 Å². The number of benzene rings is 1. The highest BCUT2D eigenvalue weighted by atomic mass is 32.2. The fraction of sp³-hybridized carbons (Fsp3) is 0.150. The first-order valence-corrected chi connectivity index (χ1v) is 11.3. The second-order valence-corrected chi connectivity index (χ2v) is 9.05. The number of imide groups is 1. The summed E-state index contributed by atoms with van der Waals surface area (Å²) in [6.45, 7) is 0.118. The molecule has 0 unspecified atom stereocenters. The van der Waals surface area contributed by atoms with Crippen LogP contribution in [0, 0.1) is 0 Å². The number of nitrogens with zero attached hydrogens (tertiary/aromatic N) is 2. The lowest BCUT2D eigenvalue weighted by atomic mass is 10.1. The second-order valence-electron chi connectivity index (χ2n) is 6.50. The molecule has 0 saturated carbocycles. The van der Waals surface area contributed by atoms with Crippen LogP contribution in [0.2, 0.25) is 0 Å². The van der Waals surface area contributed by atoms with Crippen molar-refractivity contribution in [2.45, 2.75) is 24.3 Å². The molecule has 148 valence electrons. The highest BCUT2D eigenvalue weighted by Gasteiger charge is 2.30. The van der Waals surface area contributed by atoms with Gasteiger partial charge < -0.3 is 0 Å². The Hall–Kier alpha value is -2.88. The Kier molecular flexibility index (Phi) is 5.27. The molecular weight excluding hydrogens is 410 g/mol. The van der Waals surface area contributed by atoms with E-state index < -0.39 is 10.0 Å². The summed E-state index contributed by atoms with van der Waals surface area (Å²) in [5, 5.41) is 3.94. The number of hydrogen-bond donors (Lipinski definition) is 1. The van der Waals surface area contributed by atoms with Crippen molar-refractivity contribution in [3.63, 3.8) is 0 Å². The van der Waals surface area contributed by atoms with Gasteiger partial charge >= 0.3 is 0 Å². The molecule has 0 radical (unpaired) electrons. The number of pyridine rings is 1. The predicted octanol–water partition coefficient (Wildman–Crippen LogP) is 2.94. The maximum absolute atomic E-state index is 12.6. The van der Waals surface area contributed by atoms with Gasteiger partial charge in [-0.05, 0) is 53.4 Å². The SMILES string of the molecule is O=C1CCC(=O)N1c1ccc(S(=O)(=O)NCc2ccnc(-c3ccsc3)c2)cc1. The number of carbonyl (C=O) groups excluding carboxylic acids is 2. The molecule has 7 nitrogen and oxygen atoms in total. The van der Waals surface area contributed by atoms with E-state index in [2.05, 4.69) is 9.71 Å². The van der Waals surface area contributed by atoms with Crippen molar-refractivity contribution in [1.29, 1.82) is 0 Å². The van der Waals surface area contributed by atoms with Crippen LogP contribution in [0.4, 0.5) is 5.69 Å². The second kappa shape index (κ2) is 7.86. The van der Waals surface area contributed by atoms with Gasteiger partial charge in [-0.1, -0.05) is 0 Å². The quantitative estimate of drug-likeness (QED) is 0.610. The van der Waals surface area contributed by atoms with Crippen LogP contribution in [0.15, 0.2) is 64.3 Å². The Morgan fingerprint density at radius 2 is 1.76 bits per heavy atom. The molecule has 0 spiro atoms. The van der Waals surface area contributed by atoms with Gasteiger partial charge in [0.05, 0.1) is 16.3 Å². The van der Waals surface area contributed by atoms with Gasteiger partial charge in [0.25, 0.3) is 0 Å². The molecule has 3 aromatic rings. The molecule has 29 heavy (non-hydrogen) atoms. The molecule has 1 N–H and O–H groups in total. The van der Waals surface area contributed by atoms with Gasteiger partial charge in [0.1, 0.15) is 0 Å². The standard InChI is InChI=1S/C20H17N3O4S2/c24-19-5-6-20(25)23(19)16-1-3-17(4-2-16)29(26,27)22-12-14-7-9-21-18(11-14)15-8-10-28-13-15/h1-4,7-11,13,22H,5-6,12H2. The number of aromatic nitrogens is 1. The molecule has 1 aromatic carbocycles. The summed E-state index contributed by atoms with van der Waals surface area (Å²) in [5.74, 6) is -0.550. The maximum atomic E-state index is 12.6. The van der Waals surface area contributed by atoms with E-state index in [1.54, 1.807) is 23.6 Å². The van der Waals surface area contributed by atoms with Crippen LogP contribution in [0.3, 0.4) is 0 Å². The van der Waals surface area contributed by atoms with Crippen molar-refractivity contribution >= 4 is 38.9 Å². The van der Waals surface area contributed by atoms with E-state index in [4.69, 9.17) is 0 Å². The number of sulfonamides is 1. The van der Waals surface area contributed by atoms with E-state index in [9.17, 15) is 18.0 Å². The van der Waals surface area contributed by atoms with Crippen molar-refractivity contribution in [3.05, 3.63) is 65.0 Å². The highest BCUT2D eigenvalue weighted by Crippen LogP contribution is 2.24. The Bertz CT molecular complexity index is 1140. The molecule has 4 rings (SSSR count). The van der Waals surface area contributed by atoms with E-state index in [0.717, 1.165) is 21.7 Å². The van der Waals surface area contributed by atoms with Crippen molar-refractivity contribution in [2.24, 2.45) is 0 Å². The van der Waals surface area contributed by atoms with Gasteiger partial charge in [-0.15, -0.1) is 0 Å². The minimum absolute atomic E-state index is 0.0625. The van der Waals surface area contributed by atoms with E-state index in [1.165, 1.54) is 24.3 Å². The molecule has 2 aromatic heterocycles. The molecule has 0 atom stereocenters. The van der Waals surface area contributed by atoms with Crippen LogP contribution < -0.4 is 9.62 Å². The largest absolute Gasteiger partial charge is 0.274 e. The van der Waals surface area contributed by atoms with E-state index in [1.807, 2.05) is 22.9 Å². The third-order valence-corrected chi connectivity index (χ3v) is 6.66. The summed E-state index contributed by atoms with van der Waals surface area (Å²) in [5.41, 5.74) is 2.94. The average molecular weight is 428 g/mol. The van der Waals surface area contributed by atoms with Gasteiger partial charge in [-0.25, -0.2) is 13.1 Å². The minimum atomic E-state index is -3.75. The van der Waals surface area contributed by atoms with Crippen LogP contribution in [0.5, 0.6) is 0 Å². The predicted molar refractivity (Wildman–Crippen MR) is 110 cm³/mol. The number of nitrogens with one attached hydrogen (secondary N) is 1. The summed E-state index contributed by atoms with van der Waals surface area (Å²) in [6, 6.07) is 11.3. The molecule has 1 saturated heterocycles. The number of hydrogen-bond acceptors (Lipinski definition) is 6. The third-order valence-electron chi connectivity index (χ3n) is 4.56. The number of thiophene rings is 1. The van der Waals surface area contributed by atoms with Gasteiger partial charge in [-0.3, -0.25) is 19.5 Å². The van der Waals surface area contributed by atoms with Gasteiger partial charge in [0.2, 0.25) is 21.8 Å². The topological polar surface area (TPSA) is 96.4 Å². The van der Waals surface area contributed by atoms with Crippen LogP contribution in [0.25, 0.3) is 11.3 Å². The van der Waals surface area contributed by atoms with Crippen molar-refractivity contribution in [2.75, 3.05) is 4.90 Å². The Morgan fingerprint density at radius 3 is 2.41 bits per heavy atom. The van der Waals surface area contributed by atoms with Crippen LogP contribution in [-0.2, 0) is 26.2 Å². The zero-order valence-corrected chi connectivity index (χ0v) is 16.9. The van der Waals surface area contributed by atoms with Crippen molar-refractivity contribution in [1.82, 2.24) is 9.71 Å². The smallest absolute Gasteiger partial charge is 0.240 e. The van der Waals surface area contributed by atoms with Gasteiger partial charge in [-0.2, -0.15) is 11.3 Å². The lowest BCUT2D eigenvalue weighted by molar-refractivity contribution is -0.121. The monoisotopic (exact) mass is 427 g/mol. The Morgan fingerprint density at radius 1 is 1.03 bits per heavy atom. The Labute approximate surface area is 172 Å². The molecule has 0 bridgehead atoms.